The molecule has 21 heavy (non-hydrogen) atoms. The monoisotopic (exact) mass is 301 g/mol. The summed E-state index contributed by atoms with van der Waals surface area (Å²) in [5.74, 6) is -0.468. The molecule has 0 bridgehead atoms. The molecule has 0 N–H and O–H groups in total. The Labute approximate surface area is 119 Å². The number of hydrogen-bond donors (Lipinski definition) is 0. The Morgan fingerprint density at radius 3 is 2.86 bits per heavy atom. The predicted molar refractivity (Wildman–Crippen MR) is 68.2 cm³/mol. The zero-order chi connectivity index (χ0) is 15.2. The molecule has 5 nitrogen and oxygen atoms in total. The van der Waals surface area contributed by atoms with E-state index < -0.39 is 17.7 Å². The summed E-state index contributed by atoms with van der Waals surface area (Å²) >= 11 is 0. The van der Waals surface area contributed by atoms with Crippen molar-refractivity contribution in [2.24, 2.45) is 0 Å². The van der Waals surface area contributed by atoms with Crippen molar-refractivity contribution >= 4 is 11.8 Å². The first-order chi connectivity index (χ1) is 9.86. The van der Waals surface area contributed by atoms with Crippen LogP contribution in [0.2, 0.25) is 0 Å². The van der Waals surface area contributed by atoms with Crippen molar-refractivity contribution in [3.63, 3.8) is 0 Å². The quantitative estimate of drug-likeness (QED) is 0.678. The van der Waals surface area contributed by atoms with Gasteiger partial charge in [-0.25, -0.2) is 9.78 Å². The summed E-state index contributed by atoms with van der Waals surface area (Å²) < 4.78 is 43.4. The van der Waals surface area contributed by atoms with Crippen molar-refractivity contribution in [2.45, 2.75) is 12.2 Å². The van der Waals surface area contributed by atoms with Crippen molar-refractivity contribution in [1.29, 1.82) is 0 Å². The zero-order valence-electron chi connectivity index (χ0n) is 11.4. The summed E-state index contributed by atoms with van der Waals surface area (Å²) in [5, 5.41) is 0. The Hall–Kier alpha value is -1.83. The molecule has 2 aliphatic rings. The van der Waals surface area contributed by atoms with Crippen LogP contribution >= 0.6 is 0 Å². The molecule has 0 amide bonds. The second kappa shape index (κ2) is 4.87. The third-order valence-electron chi connectivity index (χ3n) is 3.78. The summed E-state index contributed by atoms with van der Waals surface area (Å²) in [4.78, 5) is 19.8. The van der Waals surface area contributed by atoms with E-state index in [2.05, 4.69) is 9.88 Å². The molecular weight excluding hydrogens is 287 g/mol. The normalized spacial score (nSPS) is 23.1. The van der Waals surface area contributed by atoms with Crippen molar-refractivity contribution in [3.05, 3.63) is 23.4 Å². The highest BCUT2D eigenvalue weighted by molar-refractivity contribution is 5.95. The molecule has 0 saturated carbocycles. The smallest absolute Gasteiger partial charge is 0.417 e. The topological polar surface area (TPSA) is 45.7 Å². The molecule has 1 saturated heterocycles. The van der Waals surface area contributed by atoms with Crippen LogP contribution in [0.4, 0.5) is 19.0 Å². The van der Waals surface area contributed by atoms with Crippen molar-refractivity contribution in [3.8, 4) is 0 Å². The van der Waals surface area contributed by atoms with Gasteiger partial charge in [-0.15, -0.1) is 0 Å². The van der Waals surface area contributed by atoms with Crippen LogP contribution in [-0.2, 0) is 10.9 Å². The minimum absolute atomic E-state index is 0.0850. The van der Waals surface area contributed by atoms with E-state index in [-0.39, 0.29) is 24.0 Å². The highest BCUT2D eigenvalue weighted by Crippen LogP contribution is 2.33. The molecule has 0 unspecified atom stereocenters. The Balaban J connectivity index is 2.04. The second-order valence-corrected chi connectivity index (χ2v) is 5.30. The number of anilines is 1. The Morgan fingerprint density at radius 2 is 2.14 bits per heavy atom. The van der Waals surface area contributed by atoms with Gasteiger partial charge in [-0.2, -0.15) is 13.2 Å². The number of halogens is 3. The Kier molecular flexibility index (Phi) is 3.27. The van der Waals surface area contributed by atoms with Crippen LogP contribution in [0.25, 0.3) is 0 Å². The van der Waals surface area contributed by atoms with Crippen molar-refractivity contribution in [1.82, 2.24) is 9.88 Å². The van der Waals surface area contributed by atoms with Gasteiger partial charge in [0, 0.05) is 25.8 Å². The number of rotatable bonds is 0. The number of hydrogen-bond acceptors (Lipinski definition) is 5. The van der Waals surface area contributed by atoms with Gasteiger partial charge in [0.15, 0.2) is 0 Å². The fourth-order valence-electron chi connectivity index (χ4n) is 2.67. The van der Waals surface area contributed by atoms with E-state index in [1.54, 1.807) is 0 Å². The average Bonchev–Trinajstić information content (AvgIpc) is 2.55. The molecule has 8 heteroatoms. The van der Waals surface area contributed by atoms with Crippen LogP contribution in [0.5, 0.6) is 0 Å². The lowest BCUT2D eigenvalue weighted by molar-refractivity contribution is -0.137. The summed E-state index contributed by atoms with van der Waals surface area (Å²) in [6, 6.07) is 0.740. The first-order valence-corrected chi connectivity index (χ1v) is 6.56. The van der Waals surface area contributed by atoms with Gasteiger partial charge in [-0.1, -0.05) is 0 Å². The van der Waals surface area contributed by atoms with E-state index in [0.717, 1.165) is 18.8 Å². The molecule has 1 fully saturated rings. The maximum atomic E-state index is 12.8. The van der Waals surface area contributed by atoms with Crippen LogP contribution in [-0.4, -0.2) is 55.2 Å². The molecule has 1 aromatic heterocycles. The zero-order valence-corrected chi connectivity index (χ0v) is 11.4. The molecule has 1 aromatic rings. The molecule has 0 aliphatic carbocycles. The first-order valence-electron chi connectivity index (χ1n) is 6.56. The minimum atomic E-state index is -4.53. The number of ether oxygens (including phenoxy) is 1. The van der Waals surface area contributed by atoms with Gasteiger partial charge in [0.05, 0.1) is 11.6 Å². The van der Waals surface area contributed by atoms with Gasteiger partial charge in [-0.05, 0) is 13.1 Å². The number of esters is 1. The van der Waals surface area contributed by atoms with E-state index in [1.165, 1.54) is 0 Å². The van der Waals surface area contributed by atoms with Crippen molar-refractivity contribution in [2.75, 3.05) is 38.2 Å². The standard InChI is InChI=1S/C13H14F3N3O2/c1-18-2-3-19-9(6-18)7-21-12(20)10-4-8(13(14,15)16)5-17-11(10)19/h4-5,9H,2-3,6-7H2,1H3/t9-/m0/s1. The van der Waals surface area contributed by atoms with Gasteiger partial charge in [0.25, 0.3) is 0 Å². The van der Waals surface area contributed by atoms with Crippen LogP contribution < -0.4 is 4.90 Å². The van der Waals surface area contributed by atoms with Crippen LogP contribution in [0, 0.1) is 0 Å². The number of alkyl halides is 3. The third kappa shape index (κ3) is 2.55. The molecule has 0 spiro atoms. The van der Waals surface area contributed by atoms with Crippen molar-refractivity contribution < 1.29 is 22.7 Å². The fourth-order valence-corrected chi connectivity index (χ4v) is 2.67. The summed E-state index contributed by atoms with van der Waals surface area (Å²) in [6.45, 7) is 2.19. The van der Waals surface area contributed by atoms with Crippen LogP contribution in [0.1, 0.15) is 15.9 Å². The van der Waals surface area contributed by atoms with Gasteiger partial charge in [0.2, 0.25) is 0 Å². The Bertz CT molecular complexity index is 576. The lowest BCUT2D eigenvalue weighted by atomic mass is 10.1. The van der Waals surface area contributed by atoms with Crippen LogP contribution in [0.15, 0.2) is 12.3 Å². The number of likely N-dealkylation sites (N-methyl/N-ethyl adjacent to an activating group) is 1. The number of carbonyl (C=O) groups is 1. The molecular formula is C13H14F3N3O2. The predicted octanol–water partition coefficient (Wildman–Crippen LogP) is 1.39. The number of fused-ring (bicyclic) bond motifs is 3. The van der Waals surface area contributed by atoms with E-state index in [4.69, 9.17) is 4.74 Å². The number of carbonyl (C=O) groups excluding carboxylic acids is 1. The lowest BCUT2D eigenvalue weighted by Gasteiger charge is -2.39. The maximum Gasteiger partial charge on any atom is 0.417 e. The second-order valence-electron chi connectivity index (χ2n) is 5.30. The summed E-state index contributed by atoms with van der Waals surface area (Å²) in [7, 11) is 1.95. The van der Waals surface area contributed by atoms with E-state index in [9.17, 15) is 18.0 Å². The molecule has 0 radical (unpaired) electrons. The van der Waals surface area contributed by atoms with E-state index in [1.807, 2.05) is 11.9 Å². The average molecular weight is 301 g/mol. The number of nitrogens with zero attached hydrogens (tertiary/aromatic N) is 3. The van der Waals surface area contributed by atoms with E-state index >= 15 is 0 Å². The third-order valence-corrected chi connectivity index (χ3v) is 3.78. The summed E-state index contributed by atoms with van der Waals surface area (Å²) in [5.41, 5.74) is -1.05. The van der Waals surface area contributed by atoms with Gasteiger partial charge >= 0.3 is 12.1 Å². The number of cyclic esters (lactones) is 1. The molecule has 2 aliphatic heterocycles. The first kappa shape index (κ1) is 14.1. The Morgan fingerprint density at radius 1 is 1.38 bits per heavy atom. The molecule has 1 atom stereocenters. The molecule has 114 valence electrons. The van der Waals surface area contributed by atoms with Crippen LogP contribution in [0.3, 0.4) is 0 Å². The maximum absolute atomic E-state index is 12.8. The largest absolute Gasteiger partial charge is 0.460 e. The van der Waals surface area contributed by atoms with E-state index in [0.29, 0.717) is 13.1 Å². The van der Waals surface area contributed by atoms with Gasteiger partial charge < -0.3 is 14.5 Å². The highest BCUT2D eigenvalue weighted by Gasteiger charge is 2.37. The summed E-state index contributed by atoms with van der Waals surface area (Å²) in [6.07, 6.45) is -3.76. The molecule has 0 aromatic carbocycles. The fraction of sp³-hybridized carbons (Fsp3) is 0.538. The highest BCUT2D eigenvalue weighted by atomic mass is 19.4. The van der Waals surface area contributed by atoms with Gasteiger partial charge in [-0.3, -0.25) is 0 Å². The minimum Gasteiger partial charge on any atom is -0.460 e. The molecule has 3 rings (SSSR count). The molecule has 3 heterocycles. The SMILES string of the molecule is CN1CCN2c3ncc(C(F)(F)F)cc3C(=O)OC[C@@H]2C1. The number of aromatic nitrogens is 1. The lowest BCUT2D eigenvalue weighted by Crippen LogP contribution is -2.53. The number of piperazine rings is 1. The van der Waals surface area contributed by atoms with Gasteiger partial charge in [0.1, 0.15) is 18.0 Å². The number of pyridine rings is 1.